The van der Waals surface area contributed by atoms with Crippen molar-refractivity contribution >= 4 is 15.9 Å². The Morgan fingerprint density at radius 2 is 2.15 bits per heavy atom. The van der Waals surface area contributed by atoms with E-state index >= 15 is 0 Å². The molecule has 1 aromatic rings. The van der Waals surface area contributed by atoms with E-state index in [1.54, 1.807) is 0 Å². The van der Waals surface area contributed by atoms with Crippen LogP contribution in [0.25, 0.3) is 0 Å². The summed E-state index contributed by atoms with van der Waals surface area (Å²) in [5, 5.41) is 0. The first-order valence-electron chi connectivity index (χ1n) is 7.52. The van der Waals surface area contributed by atoms with E-state index in [2.05, 4.69) is 58.9 Å². The summed E-state index contributed by atoms with van der Waals surface area (Å²) in [6, 6.07) is 9.29. The summed E-state index contributed by atoms with van der Waals surface area (Å²) in [5.74, 6) is 0. The summed E-state index contributed by atoms with van der Waals surface area (Å²) in [4.78, 5) is 2.54. The topological polar surface area (TPSA) is 38.5 Å². The minimum Gasteiger partial charge on any atom is -0.378 e. The first-order chi connectivity index (χ1) is 9.69. The third kappa shape index (κ3) is 3.42. The Kier molecular flexibility index (Phi) is 6.02. The quantitative estimate of drug-likeness (QED) is 0.893. The molecule has 0 spiro atoms. The van der Waals surface area contributed by atoms with Crippen molar-refractivity contribution in [3.8, 4) is 0 Å². The van der Waals surface area contributed by atoms with Crippen LogP contribution in [-0.2, 0) is 4.74 Å². The normalized spacial score (nSPS) is 23.5. The fourth-order valence-electron chi connectivity index (χ4n) is 2.98. The predicted molar refractivity (Wildman–Crippen MR) is 86.8 cm³/mol. The Morgan fingerprint density at radius 1 is 1.40 bits per heavy atom. The Morgan fingerprint density at radius 3 is 2.80 bits per heavy atom. The molecular formula is C16H25BrN2O. The van der Waals surface area contributed by atoms with Crippen LogP contribution in [0.15, 0.2) is 28.7 Å². The van der Waals surface area contributed by atoms with E-state index in [-0.39, 0.29) is 12.1 Å². The van der Waals surface area contributed by atoms with Gasteiger partial charge in [0.2, 0.25) is 0 Å². The van der Waals surface area contributed by atoms with Gasteiger partial charge in [0.25, 0.3) is 0 Å². The third-order valence-electron chi connectivity index (χ3n) is 4.20. The Balaban J connectivity index is 2.34. The van der Waals surface area contributed by atoms with E-state index in [1.807, 2.05) is 0 Å². The molecule has 0 aromatic heterocycles. The highest BCUT2D eigenvalue weighted by atomic mass is 79.9. The van der Waals surface area contributed by atoms with Gasteiger partial charge in [-0.25, -0.2) is 0 Å². The SMILES string of the molecule is CCC(N)C(c1ccccc1Br)N1CCOCC1CC. The van der Waals surface area contributed by atoms with Crippen LogP contribution >= 0.6 is 15.9 Å². The second-order valence-electron chi connectivity index (χ2n) is 5.41. The van der Waals surface area contributed by atoms with E-state index in [9.17, 15) is 0 Å². The maximum Gasteiger partial charge on any atom is 0.0622 e. The van der Waals surface area contributed by atoms with Crippen LogP contribution in [0.3, 0.4) is 0 Å². The monoisotopic (exact) mass is 340 g/mol. The van der Waals surface area contributed by atoms with Gasteiger partial charge >= 0.3 is 0 Å². The lowest BCUT2D eigenvalue weighted by Crippen LogP contribution is -2.51. The number of nitrogens with two attached hydrogens (primary N) is 1. The summed E-state index contributed by atoms with van der Waals surface area (Å²) in [6.07, 6.45) is 2.07. The standard InChI is InChI=1S/C16H25BrN2O/c1-3-12-11-20-10-9-19(12)16(15(18)4-2)13-7-5-6-8-14(13)17/h5-8,12,15-16H,3-4,9-11,18H2,1-2H3. The fourth-order valence-corrected chi connectivity index (χ4v) is 3.50. The maximum absolute atomic E-state index is 6.46. The van der Waals surface area contributed by atoms with Crippen molar-refractivity contribution in [2.45, 2.75) is 44.8 Å². The number of morpholine rings is 1. The molecule has 112 valence electrons. The van der Waals surface area contributed by atoms with E-state index in [0.29, 0.717) is 6.04 Å². The highest BCUT2D eigenvalue weighted by Crippen LogP contribution is 2.33. The first kappa shape index (κ1) is 16.0. The van der Waals surface area contributed by atoms with Crippen molar-refractivity contribution in [2.24, 2.45) is 5.73 Å². The van der Waals surface area contributed by atoms with Crippen LogP contribution in [-0.4, -0.2) is 36.7 Å². The highest BCUT2D eigenvalue weighted by Gasteiger charge is 2.33. The molecule has 1 saturated heterocycles. The zero-order chi connectivity index (χ0) is 14.5. The number of ether oxygens (including phenoxy) is 1. The molecule has 3 atom stereocenters. The van der Waals surface area contributed by atoms with Gasteiger partial charge in [-0.15, -0.1) is 0 Å². The van der Waals surface area contributed by atoms with E-state index < -0.39 is 0 Å². The van der Waals surface area contributed by atoms with E-state index in [4.69, 9.17) is 10.5 Å². The molecule has 20 heavy (non-hydrogen) atoms. The summed E-state index contributed by atoms with van der Waals surface area (Å²) < 4.78 is 6.79. The van der Waals surface area contributed by atoms with Crippen molar-refractivity contribution < 1.29 is 4.74 Å². The molecule has 3 nitrogen and oxygen atoms in total. The number of hydrogen-bond donors (Lipinski definition) is 1. The molecule has 3 unspecified atom stereocenters. The van der Waals surface area contributed by atoms with Crippen molar-refractivity contribution in [3.05, 3.63) is 34.3 Å². The molecule has 0 aliphatic carbocycles. The summed E-state index contributed by atoms with van der Waals surface area (Å²) in [6.45, 7) is 6.96. The summed E-state index contributed by atoms with van der Waals surface area (Å²) >= 11 is 3.69. The van der Waals surface area contributed by atoms with Crippen molar-refractivity contribution in [1.82, 2.24) is 4.90 Å². The lowest BCUT2D eigenvalue weighted by atomic mass is 9.94. The Labute approximate surface area is 130 Å². The van der Waals surface area contributed by atoms with Crippen LogP contribution in [0.5, 0.6) is 0 Å². The minimum absolute atomic E-state index is 0.140. The number of halogens is 1. The molecule has 2 N–H and O–H groups in total. The van der Waals surface area contributed by atoms with Gasteiger partial charge in [-0.05, 0) is 24.5 Å². The average molecular weight is 341 g/mol. The smallest absolute Gasteiger partial charge is 0.0622 e. The lowest BCUT2D eigenvalue weighted by Gasteiger charge is -2.43. The molecule has 1 heterocycles. The van der Waals surface area contributed by atoms with Crippen LogP contribution in [0, 0.1) is 0 Å². The minimum atomic E-state index is 0.140. The van der Waals surface area contributed by atoms with Gasteiger partial charge in [-0.3, -0.25) is 4.90 Å². The fraction of sp³-hybridized carbons (Fsp3) is 0.625. The molecule has 4 heteroatoms. The largest absolute Gasteiger partial charge is 0.378 e. The van der Waals surface area contributed by atoms with Gasteiger partial charge in [-0.1, -0.05) is 48.0 Å². The molecule has 1 fully saturated rings. The van der Waals surface area contributed by atoms with Gasteiger partial charge in [0.1, 0.15) is 0 Å². The average Bonchev–Trinajstić information content (AvgIpc) is 2.49. The van der Waals surface area contributed by atoms with E-state index in [0.717, 1.165) is 37.1 Å². The van der Waals surface area contributed by atoms with Crippen LogP contribution in [0.2, 0.25) is 0 Å². The van der Waals surface area contributed by atoms with Crippen molar-refractivity contribution in [1.29, 1.82) is 0 Å². The van der Waals surface area contributed by atoms with Crippen LogP contribution in [0.1, 0.15) is 38.3 Å². The van der Waals surface area contributed by atoms with Crippen molar-refractivity contribution in [2.75, 3.05) is 19.8 Å². The van der Waals surface area contributed by atoms with Crippen molar-refractivity contribution in [3.63, 3.8) is 0 Å². The second-order valence-corrected chi connectivity index (χ2v) is 6.27. The Bertz CT molecular complexity index is 427. The van der Waals surface area contributed by atoms with Gasteiger partial charge < -0.3 is 10.5 Å². The van der Waals surface area contributed by atoms with E-state index in [1.165, 1.54) is 5.56 Å². The van der Waals surface area contributed by atoms with Gasteiger partial charge in [-0.2, -0.15) is 0 Å². The zero-order valence-corrected chi connectivity index (χ0v) is 14.0. The molecule has 0 radical (unpaired) electrons. The third-order valence-corrected chi connectivity index (χ3v) is 4.92. The number of benzene rings is 1. The zero-order valence-electron chi connectivity index (χ0n) is 12.4. The summed E-state index contributed by atoms with van der Waals surface area (Å²) in [7, 11) is 0. The first-order valence-corrected chi connectivity index (χ1v) is 8.31. The highest BCUT2D eigenvalue weighted by molar-refractivity contribution is 9.10. The maximum atomic E-state index is 6.46. The van der Waals surface area contributed by atoms with Gasteiger partial charge in [0.15, 0.2) is 0 Å². The van der Waals surface area contributed by atoms with Gasteiger partial charge in [0.05, 0.1) is 19.3 Å². The molecular weight excluding hydrogens is 316 g/mol. The van der Waals surface area contributed by atoms with Crippen LogP contribution < -0.4 is 5.73 Å². The molecule has 1 aliphatic heterocycles. The second kappa shape index (κ2) is 7.55. The molecule has 1 aromatic carbocycles. The molecule has 0 bridgehead atoms. The predicted octanol–water partition coefficient (Wildman–Crippen LogP) is 3.34. The Hall–Kier alpha value is -0.420. The molecule has 0 saturated carbocycles. The van der Waals surface area contributed by atoms with Crippen LogP contribution in [0.4, 0.5) is 0 Å². The lowest BCUT2D eigenvalue weighted by molar-refractivity contribution is -0.0363. The number of hydrogen-bond acceptors (Lipinski definition) is 3. The summed E-state index contributed by atoms with van der Waals surface area (Å²) in [5.41, 5.74) is 7.76. The molecule has 2 rings (SSSR count). The van der Waals surface area contributed by atoms with Gasteiger partial charge in [0, 0.05) is 23.1 Å². The molecule has 0 amide bonds. The number of nitrogens with zero attached hydrogens (tertiary/aromatic N) is 1. The number of rotatable bonds is 5. The molecule has 1 aliphatic rings.